The van der Waals surface area contributed by atoms with Crippen molar-refractivity contribution in [2.45, 2.75) is 19.8 Å². The highest BCUT2D eigenvalue weighted by Crippen LogP contribution is 2.22. The van der Waals surface area contributed by atoms with Gasteiger partial charge in [0.1, 0.15) is 11.6 Å². The van der Waals surface area contributed by atoms with Gasteiger partial charge in [-0.3, -0.25) is 0 Å². The molecule has 0 N–H and O–H groups in total. The molecule has 3 aromatic carbocycles. The van der Waals surface area contributed by atoms with Crippen LogP contribution in [0.1, 0.15) is 30.9 Å². The number of ether oxygens (including phenoxy) is 1. The number of rotatable bonds is 4. The molecule has 3 rings (SSSR count). The molecule has 0 heterocycles. The fourth-order valence-corrected chi connectivity index (χ4v) is 2.47. The fraction of sp³-hybridized carbons (Fsp3) is 0.167. The van der Waals surface area contributed by atoms with Gasteiger partial charge in [-0.1, -0.05) is 37.3 Å². The Kier molecular flexibility index (Phi) is 5.92. The van der Waals surface area contributed by atoms with E-state index < -0.39 is 0 Å². The van der Waals surface area contributed by atoms with E-state index in [0.717, 1.165) is 47.1 Å². The Morgan fingerprint density at radius 1 is 0.808 bits per heavy atom. The van der Waals surface area contributed by atoms with E-state index >= 15 is 0 Å². The fourth-order valence-electron chi connectivity index (χ4n) is 2.47. The third kappa shape index (κ3) is 4.88. The standard InChI is InChI=1S/C24H19FO/c1-2-3-16-26-24-15-12-21-17-20(8-11-22(21)18-24)7-5-4-6-19-9-13-23(25)14-10-19/h8-15,17-18H,2-3,16H2,1H3. The third-order valence-electron chi connectivity index (χ3n) is 3.90. The van der Waals surface area contributed by atoms with Gasteiger partial charge in [0.15, 0.2) is 0 Å². The zero-order valence-corrected chi connectivity index (χ0v) is 14.7. The Morgan fingerprint density at radius 2 is 1.46 bits per heavy atom. The van der Waals surface area contributed by atoms with Gasteiger partial charge in [0.05, 0.1) is 6.61 Å². The van der Waals surface area contributed by atoms with E-state index in [9.17, 15) is 4.39 Å². The summed E-state index contributed by atoms with van der Waals surface area (Å²) < 4.78 is 18.6. The smallest absolute Gasteiger partial charge is 0.123 e. The molecular weight excluding hydrogens is 323 g/mol. The minimum Gasteiger partial charge on any atom is -0.494 e. The molecule has 0 radical (unpaired) electrons. The maximum atomic E-state index is 12.8. The third-order valence-corrected chi connectivity index (χ3v) is 3.90. The first-order valence-corrected chi connectivity index (χ1v) is 8.69. The summed E-state index contributed by atoms with van der Waals surface area (Å²) in [4.78, 5) is 0. The summed E-state index contributed by atoms with van der Waals surface area (Å²) in [6.07, 6.45) is 2.19. The minimum atomic E-state index is -0.267. The average Bonchev–Trinajstić information content (AvgIpc) is 2.67. The van der Waals surface area contributed by atoms with Crippen LogP contribution in [0.4, 0.5) is 4.39 Å². The van der Waals surface area contributed by atoms with Crippen LogP contribution in [-0.2, 0) is 0 Å². The maximum absolute atomic E-state index is 12.8. The number of hydrogen-bond donors (Lipinski definition) is 0. The van der Waals surface area contributed by atoms with Crippen LogP contribution >= 0.6 is 0 Å². The van der Waals surface area contributed by atoms with Crippen LogP contribution in [0.3, 0.4) is 0 Å². The molecule has 26 heavy (non-hydrogen) atoms. The Bertz CT molecular complexity index is 1010. The molecule has 2 heteroatoms. The largest absolute Gasteiger partial charge is 0.494 e. The lowest BCUT2D eigenvalue weighted by Crippen LogP contribution is -1.96. The molecule has 0 fully saturated rings. The van der Waals surface area contributed by atoms with Gasteiger partial charge < -0.3 is 4.74 Å². The molecular formula is C24H19FO. The van der Waals surface area contributed by atoms with Crippen molar-refractivity contribution in [1.82, 2.24) is 0 Å². The van der Waals surface area contributed by atoms with Crippen molar-refractivity contribution in [2.24, 2.45) is 0 Å². The number of fused-ring (bicyclic) bond motifs is 1. The van der Waals surface area contributed by atoms with E-state index in [1.54, 1.807) is 12.1 Å². The SMILES string of the molecule is CCCCOc1ccc2cc(C#CC#Cc3ccc(F)cc3)ccc2c1. The summed E-state index contributed by atoms with van der Waals surface area (Å²) in [6, 6.07) is 18.2. The molecule has 3 aromatic rings. The molecule has 0 spiro atoms. The second-order valence-corrected chi connectivity index (χ2v) is 5.93. The van der Waals surface area contributed by atoms with Gasteiger partial charge in [-0.2, -0.15) is 0 Å². The number of hydrogen-bond acceptors (Lipinski definition) is 1. The topological polar surface area (TPSA) is 9.23 Å². The Balaban J connectivity index is 1.72. The van der Waals surface area contributed by atoms with E-state index in [2.05, 4.69) is 36.7 Å². The van der Waals surface area contributed by atoms with Gasteiger partial charge in [-0.15, -0.1) is 0 Å². The van der Waals surface area contributed by atoms with Gasteiger partial charge in [-0.25, -0.2) is 4.39 Å². The van der Waals surface area contributed by atoms with Crippen molar-refractivity contribution in [3.8, 4) is 29.4 Å². The molecule has 0 saturated heterocycles. The van der Waals surface area contributed by atoms with E-state index in [-0.39, 0.29) is 5.82 Å². The van der Waals surface area contributed by atoms with E-state index in [0.29, 0.717) is 0 Å². The molecule has 0 atom stereocenters. The summed E-state index contributed by atoms with van der Waals surface area (Å²) in [5, 5.41) is 2.24. The molecule has 0 aliphatic carbocycles. The van der Waals surface area contributed by atoms with E-state index in [4.69, 9.17) is 4.74 Å². The predicted octanol–water partition coefficient (Wildman–Crippen LogP) is 5.56. The highest BCUT2D eigenvalue weighted by molar-refractivity contribution is 5.85. The van der Waals surface area contributed by atoms with Crippen molar-refractivity contribution in [3.05, 3.63) is 77.6 Å². The normalized spacial score (nSPS) is 9.77. The molecule has 0 saturated carbocycles. The van der Waals surface area contributed by atoms with Crippen LogP contribution in [0, 0.1) is 29.5 Å². The molecule has 0 aliphatic rings. The Hall–Kier alpha value is -3.23. The van der Waals surface area contributed by atoms with Gasteiger partial charge in [0, 0.05) is 11.1 Å². The summed E-state index contributed by atoms with van der Waals surface area (Å²) in [5.74, 6) is 12.2. The van der Waals surface area contributed by atoms with Crippen LogP contribution in [0.15, 0.2) is 60.7 Å². The van der Waals surface area contributed by atoms with Crippen molar-refractivity contribution < 1.29 is 9.13 Å². The van der Waals surface area contributed by atoms with Crippen LogP contribution in [0.2, 0.25) is 0 Å². The van der Waals surface area contributed by atoms with Gasteiger partial charge in [0.2, 0.25) is 0 Å². The van der Waals surface area contributed by atoms with Crippen molar-refractivity contribution >= 4 is 10.8 Å². The molecule has 0 unspecified atom stereocenters. The predicted molar refractivity (Wildman–Crippen MR) is 105 cm³/mol. The summed E-state index contributed by atoms with van der Waals surface area (Å²) in [5.41, 5.74) is 1.65. The second-order valence-electron chi connectivity index (χ2n) is 5.93. The maximum Gasteiger partial charge on any atom is 0.123 e. The Labute approximate surface area is 153 Å². The monoisotopic (exact) mass is 342 g/mol. The van der Waals surface area contributed by atoms with Crippen LogP contribution < -0.4 is 4.74 Å². The number of benzene rings is 3. The summed E-state index contributed by atoms with van der Waals surface area (Å²) in [7, 11) is 0. The van der Waals surface area contributed by atoms with Gasteiger partial charge >= 0.3 is 0 Å². The quantitative estimate of drug-likeness (QED) is 0.445. The van der Waals surface area contributed by atoms with Crippen LogP contribution in [0.25, 0.3) is 10.8 Å². The minimum absolute atomic E-state index is 0.267. The number of halogens is 1. The lowest BCUT2D eigenvalue weighted by atomic mass is 10.1. The second kappa shape index (κ2) is 8.75. The first-order valence-electron chi connectivity index (χ1n) is 8.69. The molecule has 0 aromatic heterocycles. The molecule has 0 aliphatic heterocycles. The molecule has 128 valence electrons. The van der Waals surface area contributed by atoms with Crippen molar-refractivity contribution in [3.63, 3.8) is 0 Å². The summed E-state index contributed by atoms with van der Waals surface area (Å²) in [6.45, 7) is 2.90. The highest BCUT2D eigenvalue weighted by atomic mass is 19.1. The zero-order valence-electron chi connectivity index (χ0n) is 14.7. The first-order chi connectivity index (χ1) is 12.7. The number of unbranched alkanes of at least 4 members (excludes halogenated alkanes) is 1. The van der Waals surface area contributed by atoms with Crippen LogP contribution in [0.5, 0.6) is 5.75 Å². The highest BCUT2D eigenvalue weighted by Gasteiger charge is 1.98. The van der Waals surface area contributed by atoms with Gasteiger partial charge in [-0.05, 0) is 77.6 Å². The molecule has 0 bridgehead atoms. The van der Waals surface area contributed by atoms with Crippen LogP contribution in [-0.4, -0.2) is 6.61 Å². The van der Waals surface area contributed by atoms with Crippen molar-refractivity contribution in [2.75, 3.05) is 6.61 Å². The average molecular weight is 342 g/mol. The molecule has 0 amide bonds. The van der Waals surface area contributed by atoms with Gasteiger partial charge in [0.25, 0.3) is 0 Å². The van der Waals surface area contributed by atoms with Crippen molar-refractivity contribution in [1.29, 1.82) is 0 Å². The lowest BCUT2D eigenvalue weighted by molar-refractivity contribution is 0.310. The zero-order chi connectivity index (χ0) is 18.2. The first kappa shape index (κ1) is 17.6. The van der Waals surface area contributed by atoms with E-state index in [1.165, 1.54) is 12.1 Å². The molecule has 1 nitrogen and oxygen atoms in total. The summed E-state index contributed by atoms with van der Waals surface area (Å²) >= 11 is 0. The lowest BCUT2D eigenvalue weighted by Gasteiger charge is -2.06. The Morgan fingerprint density at radius 3 is 2.23 bits per heavy atom. The van der Waals surface area contributed by atoms with E-state index in [1.807, 2.05) is 30.3 Å².